The summed E-state index contributed by atoms with van der Waals surface area (Å²) in [5.41, 5.74) is 5.30. The van der Waals surface area contributed by atoms with Crippen molar-refractivity contribution in [1.82, 2.24) is 10.6 Å². The van der Waals surface area contributed by atoms with Crippen LogP contribution in [-0.4, -0.2) is 75.3 Å². The van der Waals surface area contributed by atoms with Crippen LogP contribution in [0, 0.1) is 0 Å². The molecule has 0 aromatic rings. The molecule has 0 saturated heterocycles. The molecule has 3 atom stereocenters. The maximum atomic E-state index is 12.0. The molecule has 0 heterocycles. The minimum atomic E-state index is -1.24. The van der Waals surface area contributed by atoms with Crippen molar-refractivity contribution in [2.75, 3.05) is 18.1 Å². The minimum Gasteiger partial charge on any atom is -0.480 e. The smallest absolute Gasteiger partial charge is 0.322 e. The summed E-state index contributed by atoms with van der Waals surface area (Å²) in [5.74, 6) is -3.42. The Morgan fingerprint density at radius 3 is 2.36 bits per heavy atom. The number of aliphatic hydroxyl groups excluding tert-OH is 1. The van der Waals surface area contributed by atoms with Gasteiger partial charge < -0.3 is 31.7 Å². The van der Waals surface area contributed by atoms with E-state index in [1.807, 2.05) is 0 Å². The quantitative estimate of drug-likeness (QED) is 0.201. The largest absolute Gasteiger partial charge is 0.480 e. The summed E-state index contributed by atoms with van der Waals surface area (Å²) in [7, 11) is 0. The lowest BCUT2D eigenvalue weighted by Gasteiger charge is -2.18. The Kier molecular flexibility index (Phi) is 11.2. The zero-order valence-electron chi connectivity index (χ0n) is 13.5. The van der Waals surface area contributed by atoms with E-state index in [0.29, 0.717) is 0 Å². The van der Waals surface area contributed by atoms with Crippen molar-refractivity contribution in [3.8, 4) is 0 Å². The first-order valence-electron chi connectivity index (χ1n) is 7.33. The molecule has 142 valence electrons. The van der Waals surface area contributed by atoms with E-state index in [2.05, 4.69) is 17.2 Å². The summed E-state index contributed by atoms with van der Waals surface area (Å²) in [6.45, 7) is 2.81. The minimum absolute atomic E-state index is 0.0904. The molecule has 10 nitrogen and oxygen atoms in total. The summed E-state index contributed by atoms with van der Waals surface area (Å²) in [6, 6.07) is -2.22. The normalized spacial score (nSPS) is 14.0. The number of amides is 2. The van der Waals surface area contributed by atoms with E-state index < -0.39 is 48.5 Å². The standard InChI is InChI=1S/C14H23N3O7S/c1-2-8(18)6-25-7-10(13(22)16-5-12(20)21)17-11(19)4-3-9(15)14(23)24/h2,8-10,18H,1,3-7,15H2,(H,16,22)(H,17,19)(H,20,21)(H,23,24). The monoisotopic (exact) mass is 377 g/mol. The molecule has 0 radical (unpaired) electrons. The maximum absolute atomic E-state index is 12.0. The summed E-state index contributed by atoms with van der Waals surface area (Å²) in [4.78, 5) is 44.9. The predicted octanol–water partition coefficient (Wildman–Crippen LogP) is -1.86. The van der Waals surface area contributed by atoms with Gasteiger partial charge in [0.05, 0.1) is 6.10 Å². The number of carbonyl (C=O) groups excluding carboxylic acids is 2. The van der Waals surface area contributed by atoms with E-state index in [4.69, 9.17) is 15.9 Å². The number of aliphatic hydroxyl groups is 1. The molecule has 0 aliphatic rings. The van der Waals surface area contributed by atoms with Gasteiger partial charge in [0.1, 0.15) is 18.6 Å². The van der Waals surface area contributed by atoms with Gasteiger partial charge in [-0.2, -0.15) is 11.8 Å². The molecule has 0 aromatic carbocycles. The van der Waals surface area contributed by atoms with Crippen LogP contribution < -0.4 is 16.4 Å². The number of carboxylic acids is 2. The molecule has 0 spiro atoms. The molecule has 7 N–H and O–H groups in total. The highest BCUT2D eigenvalue weighted by Crippen LogP contribution is 2.07. The Morgan fingerprint density at radius 1 is 1.20 bits per heavy atom. The highest BCUT2D eigenvalue weighted by Gasteiger charge is 2.22. The Labute approximate surface area is 148 Å². The number of thioether (sulfide) groups is 1. The van der Waals surface area contributed by atoms with Gasteiger partial charge in [-0.15, -0.1) is 6.58 Å². The third kappa shape index (κ3) is 11.1. The lowest BCUT2D eigenvalue weighted by atomic mass is 10.1. The molecule has 0 aromatic heterocycles. The van der Waals surface area contributed by atoms with Gasteiger partial charge >= 0.3 is 11.9 Å². The van der Waals surface area contributed by atoms with Gasteiger partial charge in [-0.3, -0.25) is 19.2 Å². The third-order valence-electron chi connectivity index (χ3n) is 2.91. The summed E-state index contributed by atoms with van der Waals surface area (Å²) in [5, 5.41) is 31.2. The van der Waals surface area contributed by atoms with Gasteiger partial charge in [0, 0.05) is 17.9 Å². The average molecular weight is 377 g/mol. The molecular weight excluding hydrogens is 354 g/mol. The first kappa shape index (κ1) is 22.9. The molecule has 0 rings (SSSR count). The molecule has 0 bridgehead atoms. The second-order valence-corrected chi connectivity index (χ2v) is 6.13. The Balaban J connectivity index is 4.61. The summed E-state index contributed by atoms with van der Waals surface area (Å²) < 4.78 is 0. The van der Waals surface area contributed by atoms with Crippen molar-refractivity contribution in [2.45, 2.75) is 31.0 Å². The van der Waals surface area contributed by atoms with Gasteiger partial charge in [-0.25, -0.2) is 0 Å². The number of rotatable bonds is 13. The highest BCUT2D eigenvalue weighted by molar-refractivity contribution is 7.99. The third-order valence-corrected chi connectivity index (χ3v) is 4.06. The number of aliphatic carboxylic acids is 2. The molecule has 0 saturated carbocycles. The molecular formula is C14H23N3O7S. The van der Waals surface area contributed by atoms with E-state index in [-0.39, 0.29) is 24.3 Å². The lowest BCUT2D eigenvalue weighted by molar-refractivity contribution is -0.139. The van der Waals surface area contributed by atoms with Crippen LogP contribution in [0.5, 0.6) is 0 Å². The van der Waals surface area contributed by atoms with Gasteiger partial charge in [0.2, 0.25) is 11.8 Å². The molecule has 2 amide bonds. The number of hydrogen-bond donors (Lipinski definition) is 6. The van der Waals surface area contributed by atoms with Crippen molar-refractivity contribution in [3.63, 3.8) is 0 Å². The topological polar surface area (TPSA) is 179 Å². The van der Waals surface area contributed by atoms with E-state index in [1.165, 1.54) is 6.08 Å². The van der Waals surface area contributed by atoms with Gasteiger partial charge in [0.15, 0.2) is 0 Å². The van der Waals surface area contributed by atoms with Crippen LogP contribution >= 0.6 is 11.8 Å². The van der Waals surface area contributed by atoms with E-state index in [9.17, 15) is 24.3 Å². The fourth-order valence-electron chi connectivity index (χ4n) is 1.52. The van der Waals surface area contributed by atoms with Crippen LogP contribution in [0.3, 0.4) is 0 Å². The van der Waals surface area contributed by atoms with Gasteiger partial charge in [-0.05, 0) is 6.42 Å². The van der Waals surface area contributed by atoms with E-state index in [0.717, 1.165) is 11.8 Å². The Hall–Kier alpha value is -2.11. The number of carboxylic acid groups (broad SMARTS) is 2. The molecule has 0 fully saturated rings. The first-order valence-corrected chi connectivity index (χ1v) is 8.48. The van der Waals surface area contributed by atoms with Crippen LogP contribution in [0.25, 0.3) is 0 Å². The summed E-state index contributed by atoms with van der Waals surface area (Å²) in [6.07, 6.45) is 0.235. The van der Waals surface area contributed by atoms with E-state index >= 15 is 0 Å². The zero-order valence-corrected chi connectivity index (χ0v) is 14.3. The van der Waals surface area contributed by atoms with Crippen molar-refractivity contribution in [2.24, 2.45) is 5.73 Å². The predicted molar refractivity (Wildman–Crippen MR) is 91.0 cm³/mol. The lowest BCUT2D eigenvalue weighted by Crippen LogP contribution is -2.49. The van der Waals surface area contributed by atoms with Crippen LogP contribution in [0.4, 0.5) is 0 Å². The first-order chi connectivity index (χ1) is 11.7. The Morgan fingerprint density at radius 2 is 1.84 bits per heavy atom. The second kappa shape index (κ2) is 12.3. The van der Waals surface area contributed by atoms with Gasteiger partial charge in [0.25, 0.3) is 0 Å². The fourth-order valence-corrected chi connectivity index (χ4v) is 2.50. The van der Waals surface area contributed by atoms with Crippen LogP contribution in [0.15, 0.2) is 12.7 Å². The Bertz CT molecular complexity index is 501. The molecule has 3 unspecified atom stereocenters. The molecule has 25 heavy (non-hydrogen) atoms. The number of carbonyl (C=O) groups is 4. The second-order valence-electron chi connectivity index (χ2n) is 5.06. The molecule has 0 aliphatic carbocycles. The number of hydrogen-bond acceptors (Lipinski definition) is 7. The van der Waals surface area contributed by atoms with Crippen LogP contribution in [0.1, 0.15) is 12.8 Å². The zero-order chi connectivity index (χ0) is 19.4. The SMILES string of the molecule is C=CC(O)CSCC(NC(=O)CCC(N)C(=O)O)C(=O)NCC(=O)O. The van der Waals surface area contributed by atoms with Crippen LogP contribution in [-0.2, 0) is 19.2 Å². The fraction of sp³-hybridized carbons (Fsp3) is 0.571. The van der Waals surface area contributed by atoms with Gasteiger partial charge in [-0.1, -0.05) is 6.08 Å². The number of nitrogens with one attached hydrogen (secondary N) is 2. The molecule has 0 aliphatic heterocycles. The molecule has 11 heteroatoms. The summed E-state index contributed by atoms with van der Waals surface area (Å²) >= 11 is 1.16. The van der Waals surface area contributed by atoms with Crippen molar-refractivity contribution >= 4 is 35.5 Å². The van der Waals surface area contributed by atoms with E-state index in [1.54, 1.807) is 0 Å². The van der Waals surface area contributed by atoms with Crippen molar-refractivity contribution in [1.29, 1.82) is 0 Å². The highest BCUT2D eigenvalue weighted by atomic mass is 32.2. The average Bonchev–Trinajstić information content (AvgIpc) is 2.55. The van der Waals surface area contributed by atoms with Crippen molar-refractivity contribution < 1.29 is 34.5 Å². The number of nitrogens with two attached hydrogens (primary N) is 1. The maximum Gasteiger partial charge on any atom is 0.322 e. The van der Waals surface area contributed by atoms with Crippen LogP contribution in [0.2, 0.25) is 0 Å². The van der Waals surface area contributed by atoms with Crippen molar-refractivity contribution in [3.05, 3.63) is 12.7 Å².